The monoisotopic (exact) mass is 271 g/mol. The Hall–Kier alpha value is -0.710. The smallest absolute Gasteiger partial charge is 0.329 e. The Labute approximate surface area is 112 Å². The average Bonchev–Trinajstić information content (AvgIpc) is 2.98. The molecular weight excluding hydrogens is 250 g/mol. The number of carboxylic acid groups (broad SMARTS) is 1. The molecule has 4 nitrogen and oxygen atoms in total. The number of hydrogen-bond acceptors (Lipinski definition) is 3. The van der Waals surface area contributed by atoms with Crippen molar-refractivity contribution >= 4 is 23.6 Å². The number of hydrogen-bond donors (Lipinski definition) is 1. The van der Waals surface area contributed by atoms with Gasteiger partial charge in [-0.2, -0.15) is 11.8 Å². The number of nitrogens with zero attached hydrogens (tertiary/aromatic N) is 1. The van der Waals surface area contributed by atoms with Crippen molar-refractivity contribution in [1.82, 2.24) is 4.90 Å². The summed E-state index contributed by atoms with van der Waals surface area (Å²) in [5.41, 5.74) is -0.918. The highest BCUT2D eigenvalue weighted by Gasteiger charge is 2.50. The molecule has 2 aliphatic heterocycles. The average molecular weight is 271 g/mol. The van der Waals surface area contributed by atoms with E-state index in [0.29, 0.717) is 19.4 Å². The second-order valence-corrected chi connectivity index (χ2v) is 6.39. The molecule has 2 heterocycles. The van der Waals surface area contributed by atoms with Gasteiger partial charge in [0.15, 0.2) is 0 Å². The van der Waals surface area contributed by atoms with Crippen molar-refractivity contribution in [1.29, 1.82) is 0 Å². The summed E-state index contributed by atoms with van der Waals surface area (Å²) in [4.78, 5) is 25.8. The lowest BCUT2D eigenvalue weighted by atomic mass is 9.89. The maximum absolute atomic E-state index is 12.5. The minimum absolute atomic E-state index is 0.0451. The van der Waals surface area contributed by atoms with Crippen LogP contribution in [0.3, 0.4) is 0 Å². The number of carbonyl (C=O) groups is 2. The van der Waals surface area contributed by atoms with Crippen LogP contribution in [0.2, 0.25) is 0 Å². The normalized spacial score (nSPS) is 31.8. The van der Waals surface area contributed by atoms with Crippen molar-refractivity contribution in [2.45, 2.75) is 44.6 Å². The van der Waals surface area contributed by atoms with Crippen LogP contribution in [0.4, 0.5) is 0 Å². The van der Waals surface area contributed by atoms with Gasteiger partial charge in [0, 0.05) is 18.2 Å². The topological polar surface area (TPSA) is 57.6 Å². The minimum atomic E-state index is -0.918. The molecule has 102 valence electrons. The van der Waals surface area contributed by atoms with Gasteiger partial charge >= 0.3 is 5.97 Å². The molecule has 0 aromatic heterocycles. The third-order valence-electron chi connectivity index (χ3n) is 4.10. The van der Waals surface area contributed by atoms with Crippen LogP contribution in [0, 0.1) is 5.92 Å². The Kier molecular flexibility index (Phi) is 4.20. The van der Waals surface area contributed by atoms with Gasteiger partial charge in [0.25, 0.3) is 0 Å². The number of aliphatic carboxylic acids is 1. The second-order valence-electron chi connectivity index (χ2n) is 5.24. The fourth-order valence-electron chi connectivity index (χ4n) is 3.15. The van der Waals surface area contributed by atoms with Crippen molar-refractivity contribution in [3.8, 4) is 0 Å². The predicted octanol–water partition coefficient (Wildman–Crippen LogP) is 1.99. The molecule has 2 aliphatic rings. The van der Waals surface area contributed by atoms with E-state index in [0.717, 1.165) is 30.8 Å². The highest BCUT2D eigenvalue weighted by atomic mass is 32.2. The molecule has 2 atom stereocenters. The van der Waals surface area contributed by atoms with E-state index in [-0.39, 0.29) is 11.8 Å². The molecule has 0 radical (unpaired) electrons. The summed E-state index contributed by atoms with van der Waals surface area (Å²) in [5, 5.41) is 9.56. The fourth-order valence-corrected chi connectivity index (χ4v) is 4.36. The van der Waals surface area contributed by atoms with Gasteiger partial charge in [-0.25, -0.2) is 4.79 Å². The van der Waals surface area contributed by atoms with E-state index in [1.54, 1.807) is 16.7 Å². The molecule has 2 rings (SSSR count). The van der Waals surface area contributed by atoms with Crippen LogP contribution in [0.25, 0.3) is 0 Å². The highest BCUT2D eigenvalue weighted by molar-refractivity contribution is 7.99. The van der Waals surface area contributed by atoms with Gasteiger partial charge in [0.05, 0.1) is 0 Å². The molecule has 0 bridgehead atoms. The van der Waals surface area contributed by atoms with Crippen molar-refractivity contribution in [2.24, 2.45) is 5.92 Å². The van der Waals surface area contributed by atoms with Gasteiger partial charge in [-0.05, 0) is 31.4 Å². The summed E-state index contributed by atoms with van der Waals surface area (Å²) in [6, 6.07) is 0. The number of carboxylic acids is 1. The van der Waals surface area contributed by atoms with Gasteiger partial charge in [0.2, 0.25) is 5.91 Å². The van der Waals surface area contributed by atoms with Crippen molar-refractivity contribution < 1.29 is 14.7 Å². The lowest BCUT2D eigenvalue weighted by Gasteiger charge is -2.36. The summed E-state index contributed by atoms with van der Waals surface area (Å²) in [5.74, 6) is 1.19. The first-order chi connectivity index (χ1) is 8.62. The largest absolute Gasteiger partial charge is 0.479 e. The first-order valence-corrected chi connectivity index (χ1v) is 7.90. The zero-order chi connectivity index (χ0) is 13.2. The Bertz CT molecular complexity index is 341. The molecule has 2 fully saturated rings. The van der Waals surface area contributed by atoms with Crippen molar-refractivity contribution in [3.63, 3.8) is 0 Å². The fraction of sp³-hybridized carbons (Fsp3) is 0.846. The maximum Gasteiger partial charge on any atom is 0.329 e. The second kappa shape index (κ2) is 5.51. The Morgan fingerprint density at radius 3 is 2.83 bits per heavy atom. The first kappa shape index (κ1) is 13.7. The zero-order valence-corrected chi connectivity index (χ0v) is 11.7. The molecule has 1 amide bonds. The number of carbonyl (C=O) groups excluding carboxylic acids is 1. The highest BCUT2D eigenvalue weighted by Crippen LogP contribution is 2.37. The van der Waals surface area contributed by atoms with E-state index in [1.807, 2.05) is 6.92 Å². The van der Waals surface area contributed by atoms with Crippen molar-refractivity contribution in [2.75, 3.05) is 18.1 Å². The van der Waals surface area contributed by atoms with Crippen LogP contribution in [0.1, 0.15) is 39.0 Å². The molecule has 0 aromatic carbocycles. The van der Waals surface area contributed by atoms with E-state index in [4.69, 9.17) is 0 Å². The number of amides is 1. The summed E-state index contributed by atoms with van der Waals surface area (Å²) in [7, 11) is 0. The summed E-state index contributed by atoms with van der Waals surface area (Å²) in [6.07, 6.45) is 3.71. The number of thioether (sulfide) groups is 1. The van der Waals surface area contributed by atoms with E-state index < -0.39 is 11.5 Å². The van der Waals surface area contributed by atoms with E-state index in [2.05, 4.69) is 0 Å². The minimum Gasteiger partial charge on any atom is -0.479 e. The molecule has 0 aliphatic carbocycles. The number of rotatable bonds is 4. The van der Waals surface area contributed by atoms with Crippen LogP contribution in [-0.2, 0) is 9.59 Å². The molecule has 0 saturated carbocycles. The van der Waals surface area contributed by atoms with Crippen LogP contribution >= 0.6 is 11.8 Å². The number of likely N-dealkylation sites (tertiary alicyclic amines) is 1. The standard InChI is InChI=1S/C13H21NO3S/c1-2-5-13(12(16)17)6-3-7-14(13)11(15)10-4-8-18-9-10/h10H,2-9H2,1H3,(H,16,17). The third-order valence-corrected chi connectivity index (χ3v) is 5.26. The van der Waals surface area contributed by atoms with Gasteiger partial charge in [-0.1, -0.05) is 13.3 Å². The molecule has 0 aromatic rings. The first-order valence-electron chi connectivity index (χ1n) is 6.74. The SMILES string of the molecule is CCCC1(C(=O)O)CCCN1C(=O)C1CCSC1. The Morgan fingerprint density at radius 2 is 2.28 bits per heavy atom. The molecule has 0 spiro atoms. The van der Waals surface area contributed by atoms with Crippen LogP contribution in [0.5, 0.6) is 0 Å². The Balaban J connectivity index is 2.18. The van der Waals surface area contributed by atoms with Crippen LogP contribution in [0.15, 0.2) is 0 Å². The van der Waals surface area contributed by atoms with E-state index in [1.165, 1.54) is 0 Å². The quantitative estimate of drug-likeness (QED) is 0.849. The zero-order valence-electron chi connectivity index (χ0n) is 10.9. The van der Waals surface area contributed by atoms with Gasteiger partial charge in [-0.3, -0.25) is 4.79 Å². The molecule has 1 N–H and O–H groups in total. The maximum atomic E-state index is 12.5. The molecule has 18 heavy (non-hydrogen) atoms. The van der Waals surface area contributed by atoms with E-state index >= 15 is 0 Å². The van der Waals surface area contributed by atoms with Crippen molar-refractivity contribution in [3.05, 3.63) is 0 Å². The van der Waals surface area contributed by atoms with E-state index in [9.17, 15) is 14.7 Å². The van der Waals surface area contributed by atoms with Crippen LogP contribution < -0.4 is 0 Å². The summed E-state index contributed by atoms with van der Waals surface area (Å²) in [6.45, 7) is 2.60. The van der Waals surface area contributed by atoms with Gasteiger partial charge in [0.1, 0.15) is 5.54 Å². The predicted molar refractivity (Wildman–Crippen MR) is 71.7 cm³/mol. The van der Waals surface area contributed by atoms with Gasteiger partial charge in [-0.15, -0.1) is 0 Å². The molecule has 2 unspecified atom stereocenters. The summed E-state index contributed by atoms with van der Waals surface area (Å²) >= 11 is 1.80. The summed E-state index contributed by atoms with van der Waals surface area (Å²) < 4.78 is 0. The molecule has 2 saturated heterocycles. The molecular formula is C13H21NO3S. The lowest BCUT2D eigenvalue weighted by molar-refractivity contribution is -0.158. The van der Waals surface area contributed by atoms with Crippen LogP contribution in [-0.4, -0.2) is 45.5 Å². The Morgan fingerprint density at radius 1 is 1.50 bits per heavy atom. The lowest BCUT2D eigenvalue weighted by Crippen LogP contribution is -2.54. The van der Waals surface area contributed by atoms with Gasteiger partial charge < -0.3 is 10.0 Å². The third kappa shape index (κ3) is 2.25. The molecule has 5 heteroatoms.